The summed E-state index contributed by atoms with van der Waals surface area (Å²) in [5, 5.41) is 14.0. The molecule has 0 aliphatic heterocycles. The highest BCUT2D eigenvalue weighted by molar-refractivity contribution is 5.92. The van der Waals surface area contributed by atoms with Gasteiger partial charge in [0.15, 0.2) is 0 Å². The summed E-state index contributed by atoms with van der Waals surface area (Å²) in [5.74, 6) is 2.47. The minimum absolute atomic E-state index is 0.0366. The number of nitrogens with zero attached hydrogens (tertiary/aromatic N) is 1. The highest BCUT2D eigenvalue weighted by Crippen LogP contribution is 2.61. The molecular weight excluding hydrogens is 328 g/mol. The van der Waals surface area contributed by atoms with Crippen LogP contribution in [0, 0.1) is 33.3 Å². The first-order valence-corrected chi connectivity index (χ1v) is 9.66. The zero-order valence-electron chi connectivity index (χ0n) is 15.2. The SMILES string of the molecule is C[C@@H](NC(=O)/C=C/c1cccc([N+](=O)[O-])c1)C12CC3CC(CC(C3)C1)C2. The fourth-order valence-electron chi connectivity index (χ4n) is 6.04. The predicted octanol–water partition coefficient (Wildman–Crippen LogP) is 4.33. The van der Waals surface area contributed by atoms with E-state index in [2.05, 4.69) is 12.2 Å². The minimum Gasteiger partial charge on any atom is -0.350 e. The van der Waals surface area contributed by atoms with E-state index >= 15 is 0 Å². The Morgan fingerprint density at radius 2 is 1.85 bits per heavy atom. The van der Waals surface area contributed by atoms with Gasteiger partial charge in [0.2, 0.25) is 5.91 Å². The van der Waals surface area contributed by atoms with Crippen molar-refractivity contribution in [3.05, 3.63) is 46.0 Å². The molecule has 5 heteroatoms. The number of nitrogens with one attached hydrogen (secondary N) is 1. The van der Waals surface area contributed by atoms with Gasteiger partial charge in [-0.15, -0.1) is 0 Å². The molecule has 4 saturated carbocycles. The number of rotatable bonds is 5. The van der Waals surface area contributed by atoms with Crippen molar-refractivity contribution in [3.63, 3.8) is 0 Å². The van der Waals surface area contributed by atoms with E-state index < -0.39 is 4.92 Å². The van der Waals surface area contributed by atoms with E-state index in [1.165, 1.54) is 56.7 Å². The van der Waals surface area contributed by atoms with Crippen LogP contribution in [0.15, 0.2) is 30.3 Å². The Labute approximate surface area is 154 Å². The van der Waals surface area contributed by atoms with Gasteiger partial charge in [-0.05, 0) is 80.3 Å². The molecular formula is C21H26N2O3. The standard InChI is InChI=1S/C21H26N2O3/c1-14(21-11-16-7-17(12-21)9-18(8-16)13-21)22-20(24)6-5-15-3-2-4-19(10-15)23(25)26/h2-6,10,14,16-18H,7-9,11-13H2,1H3,(H,22,24)/b6-5+/t14-,16?,17?,18?,21?/m1/s1. The van der Waals surface area contributed by atoms with Crippen LogP contribution in [-0.4, -0.2) is 16.9 Å². The second-order valence-corrected chi connectivity index (χ2v) is 8.70. The molecule has 0 spiro atoms. The molecule has 4 aliphatic carbocycles. The number of carbonyl (C=O) groups is 1. The van der Waals surface area contributed by atoms with Crippen molar-refractivity contribution in [2.75, 3.05) is 0 Å². The minimum atomic E-state index is -0.424. The number of carbonyl (C=O) groups excluding carboxylic acids is 1. The zero-order chi connectivity index (χ0) is 18.3. The predicted molar refractivity (Wildman–Crippen MR) is 100 cm³/mol. The van der Waals surface area contributed by atoms with E-state index in [1.807, 2.05) is 0 Å². The Balaban J connectivity index is 1.40. The van der Waals surface area contributed by atoms with Crippen molar-refractivity contribution in [3.8, 4) is 0 Å². The molecule has 1 amide bonds. The number of non-ortho nitro benzene ring substituents is 1. The average Bonchev–Trinajstić information content (AvgIpc) is 2.59. The largest absolute Gasteiger partial charge is 0.350 e. The first-order valence-electron chi connectivity index (χ1n) is 9.66. The monoisotopic (exact) mass is 354 g/mol. The molecule has 0 unspecified atom stereocenters. The smallest absolute Gasteiger partial charge is 0.270 e. The maximum atomic E-state index is 12.4. The van der Waals surface area contributed by atoms with E-state index in [-0.39, 0.29) is 23.1 Å². The van der Waals surface area contributed by atoms with Crippen LogP contribution in [0.2, 0.25) is 0 Å². The molecule has 0 heterocycles. The number of hydrogen-bond donors (Lipinski definition) is 1. The molecule has 4 aliphatic rings. The van der Waals surface area contributed by atoms with Gasteiger partial charge in [-0.25, -0.2) is 0 Å². The first-order chi connectivity index (χ1) is 12.4. The van der Waals surface area contributed by atoms with Crippen LogP contribution in [0.1, 0.15) is 51.0 Å². The van der Waals surface area contributed by atoms with E-state index in [0.29, 0.717) is 5.56 Å². The lowest BCUT2D eigenvalue weighted by Gasteiger charge is -2.59. The molecule has 1 atom stereocenters. The van der Waals surface area contributed by atoms with Crippen LogP contribution >= 0.6 is 0 Å². The summed E-state index contributed by atoms with van der Waals surface area (Å²) < 4.78 is 0. The van der Waals surface area contributed by atoms with Crippen molar-refractivity contribution in [2.24, 2.45) is 23.2 Å². The van der Waals surface area contributed by atoms with Crippen molar-refractivity contribution < 1.29 is 9.72 Å². The van der Waals surface area contributed by atoms with E-state index in [1.54, 1.807) is 18.2 Å². The molecule has 0 saturated heterocycles. The Hall–Kier alpha value is -2.17. The Kier molecular flexibility index (Phi) is 4.33. The van der Waals surface area contributed by atoms with E-state index in [9.17, 15) is 14.9 Å². The van der Waals surface area contributed by atoms with Crippen molar-refractivity contribution in [2.45, 2.75) is 51.5 Å². The quantitative estimate of drug-likeness (QED) is 0.486. The molecule has 4 bridgehead atoms. The number of nitro benzene ring substituents is 1. The normalized spacial score (nSPS) is 33.3. The number of amides is 1. The summed E-state index contributed by atoms with van der Waals surface area (Å²) in [6, 6.07) is 6.50. The van der Waals surface area contributed by atoms with Crippen LogP contribution < -0.4 is 5.32 Å². The third-order valence-electron chi connectivity index (χ3n) is 6.87. The van der Waals surface area contributed by atoms with Crippen molar-refractivity contribution in [1.82, 2.24) is 5.32 Å². The molecule has 1 aromatic carbocycles. The lowest BCUT2D eigenvalue weighted by atomic mass is 9.48. The Bertz CT molecular complexity index is 720. The van der Waals surface area contributed by atoms with Gasteiger partial charge in [-0.1, -0.05) is 12.1 Å². The van der Waals surface area contributed by atoms with Crippen molar-refractivity contribution >= 4 is 17.7 Å². The van der Waals surface area contributed by atoms with Gasteiger partial charge >= 0.3 is 0 Å². The molecule has 138 valence electrons. The zero-order valence-corrected chi connectivity index (χ0v) is 15.2. The summed E-state index contributed by atoms with van der Waals surface area (Å²) in [4.78, 5) is 22.8. The molecule has 26 heavy (non-hydrogen) atoms. The molecule has 4 fully saturated rings. The third-order valence-corrected chi connectivity index (χ3v) is 6.87. The summed E-state index contributed by atoms with van der Waals surface area (Å²) in [6.45, 7) is 2.16. The number of hydrogen-bond acceptors (Lipinski definition) is 3. The molecule has 0 radical (unpaired) electrons. The Morgan fingerprint density at radius 3 is 2.42 bits per heavy atom. The molecule has 0 aromatic heterocycles. The third kappa shape index (κ3) is 3.27. The average molecular weight is 354 g/mol. The van der Waals surface area contributed by atoms with E-state index in [0.717, 1.165) is 17.8 Å². The van der Waals surface area contributed by atoms with Gasteiger partial charge in [0.25, 0.3) is 5.69 Å². The van der Waals surface area contributed by atoms with Gasteiger partial charge in [-0.2, -0.15) is 0 Å². The van der Waals surface area contributed by atoms with Gasteiger partial charge in [0.05, 0.1) is 4.92 Å². The summed E-state index contributed by atoms with van der Waals surface area (Å²) in [6.07, 6.45) is 11.1. The van der Waals surface area contributed by atoms with E-state index in [4.69, 9.17) is 0 Å². The van der Waals surface area contributed by atoms with Gasteiger partial charge in [-0.3, -0.25) is 14.9 Å². The second-order valence-electron chi connectivity index (χ2n) is 8.70. The van der Waals surface area contributed by atoms with Gasteiger partial charge < -0.3 is 5.32 Å². The van der Waals surface area contributed by atoms with Crippen LogP contribution in [0.3, 0.4) is 0 Å². The Morgan fingerprint density at radius 1 is 1.23 bits per heavy atom. The molecule has 5 rings (SSSR count). The number of nitro groups is 1. The van der Waals surface area contributed by atoms with Crippen LogP contribution in [-0.2, 0) is 4.79 Å². The summed E-state index contributed by atoms with van der Waals surface area (Å²) in [5.41, 5.74) is 0.982. The van der Waals surface area contributed by atoms with Crippen molar-refractivity contribution in [1.29, 1.82) is 0 Å². The van der Waals surface area contributed by atoms with Crippen LogP contribution in [0.4, 0.5) is 5.69 Å². The second kappa shape index (κ2) is 6.53. The lowest BCUT2D eigenvalue weighted by molar-refractivity contribution is -0.384. The fourth-order valence-corrected chi connectivity index (χ4v) is 6.04. The molecule has 1 aromatic rings. The summed E-state index contributed by atoms with van der Waals surface area (Å²) >= 11 is 0. The first kappa shape index (κ1) is 17.3. The summed E-state index contributed by atoms with van der Waals surface area (Å²) in [7, 11) is 0. The maximum Gasteiger partial charge on any atom is 0.270 e. The lowest BCUT2D eigenvalue weighted by Crippen LogP contribution is -2.55. The highest BCUT2D eigenvalue weighted by Gasteiger charge is 2.53. The van der Waals surface area contributed by atoms with Crippen LogP contribution in [0.5, 0.6) is 0 Å². The number of benzene rings is 1. The molecule has 1 N–H and O–H groups in total. The van der Waals surface area contributed by atoms with Crippen LogP contribution in [0.25, 0.3) is 6.08 Å². The molecule has 5 nitrogen and oxygen atoms in total. The van der Waals surface area contributed by atoms with Gasteiger partial charge in [0, 0.05) is 24.3 Å². The topological polar surface area (TPSA) is 72.2 Å². The van der Waals surface area contributed by atoms with Gasteiger partial charge in [0.1, 0.15) is 0 Å². The maximum absolute atomic E-state index is 12.4. The highest BCUT2D eigenvalue weighted by atomic mass is 16.6. The fraction of sp³-hybridized carbons (Fsp3) is 0.571.